The Labute approximate surface area is 89.4 Å². The fourth-order valence-electron chi connectivity index (χ4n) is 1.11. The molecular weight excluding hydrogens is 178 g/mol. The van der Waals surface area contributed by atoms with Gasteiger partial charge in [0.1, 0.15) is 0 Å². The highest BCUT2D eigenvalue weighted by Crippen LogP contribution is 1.96. The van der Waals surface area contributed by atoms with Gasteiger partial charge in [0.05, 0.1) is 6.61 Å². The SMILES string of the molecule is CC.CCN1CCCOCC1.COC. The number of nitrogens with zero attached hydrogens (tertiary/aromatic N) is 1. The smallest absolute Gasteiger partial charge is 0.0593 e. The van der Waals surface area contributed by atoms with Gasteiger partial charge in [-0.1, -0.05) is 20.8 Å². The van der Waals surface area contributed by atoms with E-state index in [1.165, 1.54) is 19.5 Å². The molecule has 3 heteroatoms. The van der Waals surface area contributed by atoms with Gasteiger partial charge >= 0.3 is 0 Å². The van der Waals surface area contributed by atoms with Gasteiger partial charge in [-0.15, -0.1) is 0 Å². The summed E-state index contributed by atoms with van der Waals surface area (Å²) in [7, 11) is 3.25. The topological polar surface area (TPSA) is 21.7 Å². The van der Waals surface area contributed by atoms with E-state index >= 15 is 0 Å². The summed E-state index contributed by atoms with van der Waals surface area (Å²) >= 11 is 0. The second kappa shape index (κ2) is 15.4. The number of likely N-dealkylation sites (N-methyl/N-ethyl adjacent to an activating group) is 1. The summed E-state index contributed by atoms with van der Waals surface area (Å²) in [5.41, 5.74) is 0. The van der Waals surface area contributed by atoms with Crippen molar-refractivity contribution in [2.24, 2.45) is 0 Å². The van der Waals surface area contributed by atoms with Crippen LogP contribution in [0.1, 0.15) is 27.2 Å². The Hall–Kier alpha value is -0.120. The molecule has 3 nitrogen and oxygen atoms in total. The van der Waals surface area contributed by atoms with Crippen LogP contribution in [-0.2, 0) is 9.47 Å². The van der Waals surface area contributed by atoms with Gasteiger partial charge in [-0.25, -0.2) is 0 Å². The molecule has 0 aromatic rings. The minimum Gasteiger partial charge on any atom is -0.388 e. The summed E-state index contributed by atoms with van der Waals surface area (Å²) in [4.78, 5) is 2.42. The van der Waals surface area contributed by atoms with E-state index in [1.807, 2.05) is 13.8 Å². The zero-order chi connectivity index (χ0) is 11.2. The zero-order valence-electron chi connectivity index (χ0n) is 10.5. The normalized spacial score (nSPS) is 16.9. The van der Waals surface area contributed by atoms with Crippen LogP contribution in [-0.4, -0.2) is 52.0 Å². The van der Waals surface area contributed by atoms with Crippen molar-refractivity contribution in [2.45, 2.75) is 27.2 Å². The van der Waals surface area contributed by atoms with Crippen LogP contribution in [0.2, 0.25) is 0 Å². The molecular formula is C11H27NO2. The average molecular weight is 205 g/mol. The van der Waals surface area contributed by atoms with Crippen molar-refractivity contribution >= 4 is 0 Å². The van der Waals surface area contributed by atoms with Crippen molar-refractivity contribution in [3.63, 3.8) is 0 Å². The third-order valence-corrected chi connectivity index (χ3v) is 1.76. The Morgan fingerprint density at radius 3 is 2.21 bits per heavy atom. The lowest BCUT2D eigenvalue weighted by Crippen LogP contribution is -2.25. The first-order valence-corrected chi connectivity index (χ1v) is 5.55. The molecule has 0 N–H and O–H groups in total. The highest BCUT2D eigenvalue weighted by molar-refractivity contribution is 4.57. The minimum absolute atomic E-state index is 0.924. The van der Waals surface area contributed by atoms with E-state index in [0.29, 0.717) is 0 Å². The van der Waals surface area contributed by atoms with E-state index in [9.17, 15) is 0 Å². The van der Waals surface area contributed by atoms with Gasteiger partial charge in [0, 0.05) is 33.9 Å². The maximum Gasteiger partial charge on any atom is 0.0593 e. The highest BCUT2D eigenvalue weighted by Gasteiger charge is 2.04. The second-order valence-electron chi connectivity index (χ2n) is 2.81. The van der Waals surface area contributed by atoms with Crippen molar-refractivity contribution in [3.8, 4) is 0 Å². The predicted octanol–water partition coefficient (Wildman–Crippen LogP) is 2.02. The fraction of sp³-hybridized carbons (Fsp3) is 1.00. The van der Waals surface area contributed by atoms with Gasteiger partial charge in [-0.3, -0.25) is 0 Å². The summed E-state index contributed by atoms with van der Waals surface area (Å²) < 4.78 is 9.53. The molecule has 1 rings (SSSR count). The molecule has 88 valence electrons. The minimum atomic E-state index is 0.924. The second-order valence-corrected chi connectivity index (χ2v) is 2.81. The van der Waals surface area contributed by atoms with E-state index in [4.69, 9.17) is 4.74 Å². The van der Waals surface area contributed by atoms with Gasteiger partial charge < -0.3 is 14.4 Å². The Morgan fingerprint density at radius 2 is 1.71 bits per heavy atom. The molecule has 0 aromatic heterocycles. The van der Waals surface area contributed by atoms with Gasteiger partial charge in [0.2, 0.25) is 0 Å². The third kappa shape index (κ3) is 11.9. The van der Waals surface area contributed by atoms with Crippen LogP contribution in [0.5, 0.6) is 0 Å². The van der Waals surface area contributed by atoms with Crippen molar-refractivity contribution in [1.29, 1.82) is 0 Å². The molecule has 1 fully saturated rings. The zero-order valence-corrected chi connectivity index (χ0v) is 10.5. The van der Waals surface area contributed by atoms with Crippen molar-refractivity contribution < 1.29 is 9.47 Å². The van der Waals surface area contributed by atoms with E-state index in [2.05, 4.69) is 16.6 Å². The monoisotopic (exact) mass is 205 g/mol. The Kier molecular flexibility index (Phi) is 17.9. The molecule has 14 heavy (non-hydrogen) atoms. The molecule has 0 bridgehead atoms. The Balaban J connectivity index is 0. The largest absolute Gasteiger partial charge is 0.388 e. The Morgan fingerprint density at radius 1 is 1.14 bits per heavy atom. The van der Waals surface area contributed by atoms with Crippen molar-refractivity contribution in [1.82, 2.24) is 4.90 Å². The first-order valence-electron chi connectivity index (χ1n) is 5.55. The molecule has 1 saturated heterocycles. The molecule has 0 aliphatic carbocycles. The first kappa shape index (κ1) is 16.3. The summed E-state index contributed by atoms with van der Waals surface area (Å²) in [6, 6.07) is 0. The first-order chi connectivity index (χ1) is 6.85. The van der Waals surface area contributed by atoms with Crippen LogP contribution < -0.4 is 0 Å². The van der Waals surface area contributed by atoms with Crippen molar-refractivity contribution in [3.05, 3.63) is 0 Å². The molecule has 0 amide bonds. The molecule has 0 radical (unpaired) electrons. The summed E-state index contributed by atoms with van der Waals surface area (Å²) in [6.07, 6.45) is 1.20. The molecule has 0 aromatic carbocycles. The average Bonchev–Trinajstić information content (AvgIpc) is 2.50. The fourth-order valence-corrected chi connectivity index (χ4v) is 1.11. The van der Waals surface area contributed by atoms with Crippen molar-refractivity contribution in [2.75, 3.05) is 47.1 Å². The lowest BCUT2D eigenvalue weighted by Gasteiger charge is -2.14. The summed E-state index contributed by atoms with van der Waals surface area (Å²) in [5, 5.41) is 0. The van der Waals surface area contributed by atoms with Crippen LogP contribution in [0.3, 0.4) is 0 Å². The molecule has 1 heterocycles. The van der Waals surface area contributed by atoms with Crippen LogP contribution in [0.4, 0.5) is 0 Å². The van der Waals surface area contributed by atoms with Gasteiger partial charge in [-0.2, -0.15) is 0 Å². The van der Waals surface area contributed by atoms with E-state index in [0.717, 1.165) is 19.8 Å². The number of methoxy groups -OCH3 is 1. The predicted molar refractivity (Wildman–Crippen MR) is 61.8 cm³/mol. The van der Waals surface area contributed by atoms with E-state index in [-0.39, 0.29) is 0 Å². The van der Waals surface area contributed by atoms with Gasteiger partial charge in [0.15, 0.2) is 0 Å². The lowest BCUT2D eigenvalue weighted by atomic mass is 10.4. The molecule has 1 aliphatic rings. The lowest BCUT2D eigenvalue weighted by molar-refractivity contribution is 0.142. The number of hydrogen-bond acceptors (Lipinski definition) is 3. The van der Waals surface area contributed by atoms with Crippen LogP contribution >= 0.6 is 0 Å². The van der Waals surface area contributed by atoms with Gasteiger partial charge in [0.25, 0.3) is 0 Å². The van der Waals surface area contributed by atoms with E-state index in [1.54, 1.807) is 14.2 Å². The quantitative estimate of drug-likeness (QED) is 0.653. The standard InChI is InChI=1S/C7H15NO.C2H6O.C2H6/c1-2-8-4-3-6-9-7-5-8;1-3-2;1-2/h2-7H2,1H3;1-2H3;1-2H3. The highest BCUT2D eigenvalue weighted by atomic mass is 16.5. The molecule has 0 saturated carbocycles. The maximum atomic E-state index is 5.28. The van der Waals surface area contributed by atoms with Crippen LogP contribution in [0.15, 0.2) is 0 Å². The van der Waals surface area contributed by atoms with Crippen LogP contribution in [0, 0.1) is 0 Å². The van der Waals surface area contributed by atoms with Crippen LogP contribution in [0.25, 0.3) is 0 Å². The molecule has 0 atom stereocenters. The Bertz CT molecular complexity index is 81.4. The summed E-state index contributed by atoms with van der Waals surface area (Å²) in [5.74, 6) is 0. The maximum absolute atomic E-state index is 5.28. The molecule has 0 spiro atoms. The van der Waals surface area contributed by atoms with E-state index < -0.39 is 0 Å². The third-order valence-electron chi connectivity index (χ3n) is 1.76. The number of hydrogen-bond donors (Lipinski definition) is 0. The summed E-state index contributed by atoms with van der Waals surface area (Å²) in [6.45, 7) is 11.6. The molecule has 1 aliphatic heterocycles. The molecule has 0 unspecified atom stereocenters. The number of ether oxygens (including phenoxy) is 2. The van der Waals surface area contributed by atoms with Gasteiger partial charge in [-0.05, 0) is 13.0 Å². The number of rotatable bonds is 1.